The summed E-state index contributed by atoms with van der Waals surface area (Å²) < 4.78 is 2.14. The van der Waals surface area contributed by atoms with Gasteiger partial charge < -0.3 is 4.57 Å². The molecule has 29 heavy (non-hydrogen) atoms. The van der Waals surface area contributed by atoms with E-state index in [0.29, 0.717) is 0 Å². The Balaban J connectivity index is 1.33. The summed E-state index contributed by atoms with van der Waals surface area (Å²) in [6.07, 6.45) is 4.98. The van der Waals surface area contributed by atoms with Crippen molar-refractivity contribution in [1.29, 1.82) is 0 Å². The van der Waals surface area contributed by atoms with Gasteiger partial charge in [0.05, 0.1) is 5.69 Å². The van der Waals surface area contributed by atoms with Gasteiger partial charge in [0.1, 0.15) is 5.01 Å². The summed E-state index contributed by atoms with van der Waals surface area (Å²) in [5, 5.41) is 15.4. The van der Waals surface area contributed by atoms with Crippen molar-refractivity contribution < 1.29 is 0 Å². The van der Waals surface area contributed by atoms with Crippen LogP contribution < -0.4 is 0 Å². The normalized spacial score (nSPS) is 13.6. The second-order valence-corrected chi connectivity index (χ2v) is 10.1. The molecule has 148 valence electrons. The molecule has 7 heteroatoms. The minimum atomic E-state index is 0.802. The number of nitrogens with zero attached hydrogens (tertiary/aromatic N) is 4. The number of thiophene rings is 1. The Hall–Kier alpha value is -1.96. The smallest absolute Gasteiger partial charge is 0.191 e. The van der Waals surface area contributed by atoms with Gasteiger partial charge >= 0.3 is 0 Å². The fourth-order valence-corrected chi connectivity index (χ4v) is 6.75. The van der Waals surface area contributed by atoms with Crippen LogP contribution in [0.3, 0.4) is 0 Å². The zero-order valence-corrected chi connectivity index (χ0v) is 19.0. The second-order valence-electron chi connectivity index (χ2n) is 7.37. The lowest BCUT2D eigenvalue weighted by Crippen LogP contribution is -2.02. The van der Waals surface area contributed by atoms with Crippen molar-refractivity contribution in [3.05, 3.63) is 56.7 Å². The van der Waals surface area contributed by atoms with E-state index < -0.39 is 0 Å². The van der Waals surface area contributed by atoms with Crippen LogP contribution in [0.5, 0.6) is 0 Å². The summed E-state index contributed by atoms with van der Waals surface area (Å²) in [5.41, 5.74) is 6.35. The molecule has 0 aliphatic heterocycles. The largest absolute Gasteiger partial charge is 0.305 e. The molecule has 1 aromatic carbocycles. The first-order valence-corrected chi connectivity index (χ1v) is 12.6. The summed E-state index contributed by atoms with van der Waals surface area (Å²) in [6.45, 7) is 2.13. The van der Waals surface area contributed by atoms with Crippen molar-refractivity contribution in [1.82, 2.24) is 19.7 Å². The highest BCUT2D eigenvalue weighted by Gasteiger charge is 2.21. The van der Waals surface area contributed by atoms with E-state index in [4.69, 9.17) is 4.98 Å². The number of benzene rings is 1. The molecule has 0 saturated carbocycles. The number of rotatable bonds is 5. The van der Waals surface area contributed by atoms with Crippen LogP contribution in [0.4, 0.5) is 0 Å². The third-order valence-electron chi connectivity index (χ3n) is 5.41. The first-order valence-electron chi connectivity index (χ1n) is 9.83. The minimum absolute atomic E-state index is 0.802. The SMILES string of the molecule is Cc1ccccc1-c1nc(CSc2nnc(-c3csc4c3CCCC4)n2C)cs1. The van der Waals surface area contributed by atoms with Crippen molar-refractivity contribution >= 4 is 34.4 Å². The van der Waals surface area contributed by atoms with Crippen LogP contribution in [0.15, 0.2) is 40.2 Å². The molecule has 0 bridgehead atoms. The predicted molar refractivity (Wildman–Crippen MR) is 123 cm³/mol. The predicted octanol–water partition coefficient (Wildman–Crippen LogP) is 6.15. The number of hydrogen-bond acceptors (Lipinski definition) is 6. The highest BCUT2D eigenvalue weighted by molar-refractivity contribution is 7.98. The Kier molecular flexibility index (Phi) is 5.28. The van der Waals surface area contributed by atoms with Crippen molar-refractivity contribution in [3.63, 3.8) is 0 Å². The summed E-state index contributed by atoms with van der Waals surface area (Å²) >= 11 is 5.29. The fraction of sp³-hybridized carbons (Fsp3) is 0.318. The molecule has 3 heterocycles. The van der Waals surface area contributed by atoms with Gasteiger partial charge in [-0.15, -0.1) is 32.9 Å². The lowest BCUT2D eigenvalue weighted by Gasteiger charge is -2.12. The van der Waals surface area contributed by atoms with Gasteiger partial charge in [-0.3, -0.25) is 0 Å². The standard InChI is InChI=1S/C22H22N4S3/c1-14-7-3-4-8-16(14)21-23-15(11-28-21)12-29-22-25-24-20(26(22)2)18-13-27-19-10-6-5-9-17(18)19/h3-4,7-8,11,13H,5-6,9-10,12H2,1-2H3. The molecule has 3 aromatic heterocycles. The Labute approximate surface area is 183 Å². The number of thioether (sulfide) groups is 1. The Bertz CT molecular complexity index is 1150. The molecular formula is C22H22N4S3. The number of aromatic nitrogens is 4. The van der Waals surface area contributed by atoms with E-state index >= 15 is 0 Å². The molecule has 0 unspecified atom stereocenters. The minimum Gasteiger partial charge on any atom is -0.305 e. The van der Waals surface area contributed by atoms with E-state index in [1.165, 1.54) is 52.8 Å². The van der Waals surface area contributed by atoms with E-state index in [2.05, 4.69) is 63.8 Å². The number of thiazole rings is 1. The molecule has 5 rings (SSSR count). The number of aryl methyl sites for hydroxylation is 2. The maximum Gasteiger partial charge on any atom is 0.191 e. The third kappa shape index (κ3) is 3.67. The summed E-state index contributed by atoms with van der Waals surface area (Å²) in [6, 6.07) is 8.42. The zero-order chi connectivity index (χ0) is 19.8. The monoisotopic (exact) mass is 438 g/mol. The van der Waals surface area contributed by atoms with E-state index in [0.717, 1.165) is 27.4 Å². The molecule has 0 spiro atoms. The van der Waals surface area contributed by atoms with E-state index in [1.807, 2.05) is 11.3 Å². The van der Waals surface area contributed by atoms with Crippen LogP contribution in [0.2, 0.25) is 0 Å². The first kappa shape index (κ1) is 19.0. The Morgan fingerprint density at radius 1 is 1.03 bits per heavy atom. The first-order chi connectivity index (χ1) is 14.2. The maximum atomic E-state index is 4.84. The van der Waals surface area contributed by atoms with E-state index in [1.54, 1.807) is 23.1 Å². The summed E-state index contributed by atoms with van der Waals surface area (Å²) in [4.78, 5) is 6.38. The van der Waals surface area contributed by atoms with E-state index in [-0.39, 0.29) is 0 Å². The average Bonchev–Trinajstić information content (AvgIpc) is 3.45. The van der Waals surface area contributed by atoms with Crippen molar-refractivity contribution in [2.75, 3.05) is 0 Å². The van der Waals surface area contributed by atoms with Gasteiger partial charge in [0.25, 0.3) is 0 Å². The van der Waals surface area contributed by atoms with Gasteiger partial charge in [0.2, 0.25) is 0 Å². The van der Waals surface area contributed by atoms with Crippen molar-refractivity contribution in [2.45, 2.75) is 43.5 Å². The van der Waals surface area contributed by atoms with Crippen LogP contribution in [-0.2, 0) is 25.6 Å². The van der Waals surface area contributed by atoms with Crippen LogP contribution in [0.25, 0.3) is 22.0 Å². The molecule has 1 aliphatic rings. The van der Waals surface area contributed by atoms with Gasteiger partial charge in [-0.2, -0.15) is 0 Å². The quantitative estimate of drug-likeness (QED) is 0.351. The Morgan fingerprint density at radius 2 is 1.90 bits per heavy atom. The second kappa shape index (κ2) is 8.05. The third-order valence-corrected chi connectivity index (χ3v) is 8.48. The molecule has 0 fully saturated rings. The van der Waals surface area contributed by atoms with Crippen LogP contribution in [0, 0.1) is 6.92 Å². The van der Waals surface area contributed by atoms with Crippen LogP contribution in [-0.4, -0.2) is 19.7 Å². The van der Waals surface area contributed by atoms with Gasteiger partial charge in [-0.1, -0.05) is 36.0 Å². The molecule has 0 atom stereocenters. The van der Waals surface area contributed by atoms with Gasteiger partial charge in [-0.05, 0) is 43.7 Å². The van der Waals surface area contributed by atoms with Gasteiger partial charge in [-0.25, -0.2) is 4.98 Å². The van der Waals surface area contributed by atoms with E-state index in [9.17, 15) is 0 Å². The molecule has 4 nitrogen and oxygen atoms in total. The molecule has 0 saturated heterocycles. The summed E-state index contributed by atoms with van der Waals surface area (Å²) in [5.74, 6) is 1.79. The lowest BCUT2D eigenvalue weighted by molar-refractivity contribution is 0.696. The Morgan fingerprint density at radius 3 is 2.79 bits per heavy atom. The molecule has 4 aromatic rings. The number of hydrogen-bond donors (Lipinski definition) is 0. The zero-order valence-electron chi connectivity index (χ0n) is 16.5. The van der Waals surface area contributed by atoms with Gasteiger partial charge in [0, 0.05) is 39.6 Å². The van der Waals surface area contributed by atoms with Crippen LogP contribution >= 0.6 is 34.4 Å². The molecular weight excluding hydrogens is 416 g/mol. The van der Waals surface area contributed by atoms with Crippen molar-refractivity contribution in [2.24, 2.45) is 7.05 Å². The highest BCUT2D eigenvalue weighted by Crippen LogP contribution is 2.37. The lowest BCUT2D eigenvalue weighted by atomic mass is 9.96. The van der Waals surface area contributed by atoms with Crippen molar-refractivity contribution in [3.8, 4) is 22.0 Å². The van der Waals surface area contributed by atoms with Gasteiger partial charge in [0.15, 0.2) is 11.0 Å². The highest BCUT2D eigenvalue weighted by atomic mass is 32.2. The number of fused-ring (bicyclic) bond motifs is 1. The fourth-order valence-electron chi connectivity index (χ4n) is 3.80. The molecule has 0 amide bonds. The molecule has 0 N–H and O–H groups in total. The average molecular weight is 439 g/mol. The summed E-state index contributed by atoms with van der Waals surface area (Å²) in [7, 11) is 2.07. The molecule has 0 radical (unpaired) electrons. The topological polar surface area (TPSA) is 43.6 Å². The molecule has 1 aliphatic carbocycles. The van der Waals surface area contributed by atoms with Crippen LogP contribution in [0.1, 0.15) is 34.5 Å². The maximum absolute atomic E-state index is 4.84.